The van der Waals surface area contributed by atoms with Crippen LogP contribution < -0.4 is 11.8 Å². The van der Waals surface area contributed by atoms with Crippen LogP contribution in [0.2, 0.25) is 0 Å². The molecule has 0 heterocycles. The van der Waals surface area contributed by atoms with Crippen LogP contribution in [-0.2, 0) is 45.9 Å². The Morgan fingerprint density at radius 1 is 0.800 bits per heavy atom. The van der Waals surface area contributed by atoms with Crippen LogP contribution in [0.4, 0.5) is 0 Å². The average molecular weight is 274 g/mol. The fraction of sp³-hybridized carbons (Fsp3) is 0. The molecule has 0 saturated heterocycles. The molecule has 1 radical (unpaired) electrons. The number of rotatable bonds is 0. The Bertz CT molecular complexity index is 227. The van der Waals surface area contributed by atoms with Gasteiger partial charge in [0, 0.05) is 17.1 Å². The topological polar surface area (TPSA) is 179 Å². The van der Waals surface area contributed by atoms with Gasteiger partial charge in [0.1, 0.15) is 0 Å². The van der Waals surface area contributed by atoms with E-state index in [2.05, 4.69) is 21.5 Å². The molecule has 11 heteroatoms. The van der Waals surface area contributed by atoms with Gasteiger partial charge in [-0.3, -0.25) is 0 Å². The number of carbonyl (C=O) groups is 4. The monoisotopic (exact) mass is 273 g/mol. The van der Waals surface area contributed by atoms with Crippen molar-refractivity contribution in [2.24, 2.45) is 11.8 Å². The zero-order chi connectivity index (χ0) is 11.7. The molecule has 6 N–H and O–H groups in total. The SMILES string of the molecule is NOC(=O)C(=O)O.NOC(=O)C(=O)O.[Cu]. The Hall–Kier alpha value is -1.68. The third-order valence-corrected chi connectivity index (χ3v) is 0.563. The number of hydrogen-bond donors (Lipinski definition) is 4. The first-order valence-corrected chi connectivity index (χ1v) is 2.64. The first kappa shape index (κ1) is 19.0. The summed E-state index contributed by atoms with van der Waals surface area (Å²) < 4.78 is 0. The molecule has 91 valence electrons. The largest absolute Gasteiger partial charge is 0.473 e. The molecule has 0 atom stereocenters. The van der Waals surface area contributed by atoms with Crippen molar-refractivity contribution >= 4 is 23.9 Å². The Morgan fingerprint density at radius 3 is 1.00 bits per heavy atom. The molecule has 0 unspecified atom stereocenters. The van der Waals surface area contributed by atoms with Gasteiger partial charge in [0.2, 0.25) is 0 Å². The van der Waals surface area contributed by atoms with Crippen molar-refractivity contribution < 1.29 is 56.1 Å². The van der Waals surface area contributed by atoms with E-state index in [-0.39, 0.29) is 17.1 Å². The summed E-state index contributed by atoms with van der Waals surface area (Å²) in [5.74, 6) is 1.98. The number of carboxylic acid groups (broad SMARTS) is 2. The Balaban J connectivity index is -0.000000180. The maximum atomic E-state index is 9.56. The second-order valence-corrected chi connectivity index (χ2v) is 1.42. The van der Waals surface area contributed by atoms with E-state index in [4.69, 9.17) is 10.2 Å². The molecule has 0 amide bonds. The normalized spacial score (nSPS) is 7.07. The molecule has 15 heavy (non-hydrogen) atoms. The fourth-order valence-electron chi connectivity index (χ4n) is 0.101. The predicted molar refractivity (Wildman–Crippen MR) is 35.8 cm³/mol. The van der Waals surface area contributed by atoms with Gasteiger partial charge in [-0.2, -0.15) is 11.8 Å². The van der Waals surface area contributed by atoms with Crippen LogP contribution in [0, 0.1) is 0 Å². The van der Waals surface area contributed by atoms with Crippen molar-refractivity contribution in [3.8, 4) is 0 Å². The van der Waals surface area contributed by atoms with Crippen LogP contribution in [0.3, 0.4) is 0 Å². The van der Waals surface area contributed by atoms with E-state index in [0.29, 0.717) is 0 Å². The van der Waals surface area contributed by atoms with Crippen molar-refractivity contribution in [2.75, 3.05) is 0 Å². The second-order valence-electron chi connectivity index (χ2n) is 1.42. The second kappa shape index (κ2) is 10.4. The zero-order valence-corrected chi connectivity index (χ0v) is 7.74. The fourth-order valence-corrected chi connectivity index (χ4v) is 0.101. The van der Waals surface area contributed by atoms with Crippen LogP contribution in [0.15, 0.2) is 0 Å². The minimum absolute atomic E-state index is 0. The molecule has 0 aliphatic heterocycles. The number of nitrogens with two attached hydrogens (primary N) is 2. The predicted octanol–water partition coefficient (Wildman–Crippen LogP) is -3.03. The van der Waals surface area contributed by atoms with E-state index in [1.807, 2.05) is 0 Å². The standard InChI is InChI=1S/2C2H3NO4.Cu/c2*3-7-2(6)1(4)5;/h2*3H2,(H,4,5);. The van der Waals surface area contributed by atoms with E-state index in [1.165, 1.54) is 0 Å². The summed E-state index contributed by atoms with van der Waals surface area (Å²) in [5, 5.41) is 15.3. The van der Waals surface area contributed by atoms with Crippen molar-refractivity contribution in [1.29, 1.82) is 0 Å². The van der Waals surface area contributed by atoms with Gasteiger partial charge in [0.15, 0.2) is 0 Å². The molecule has 0 aromatic rings. The van der Waals surface area contributed by atoms with Gasteiger partial charge in [-0.1, -0.05) is 0 Å². The number of aliphatic carboxylic acids is 2. The first-order valence-electron chi connectivity index (χ1n) is 2.64. The third-order valence-electron chi connectivity index (χ3n) is 0.563. The van der Waals surface area contributed by atoms with Gasteiger partial charge in [-0.15, -0.1) is 0 Å². The quantitative estimate of drug-likeness (QED) is 0.201. The van der Waals surface area contributed by atoms with Crippen LogP contribution in [0.25, 0.3) is 0 Å². The van der Waals surface area contributed by atoms with Gasteiger partial charge >= 0.3 is 23.9 Å². The third kappa shape index (κ3) is 12.3. The number of hydrogen-bond acceptors (Lipinski definition) is 8. The molecule has 10 nitrogen and oxygen atoms in total. The molecule has 0 aliphatic rings. The molecule has 0 aromatic heterocycles. The molecule has 0 rings (SSSR count). The molecule has 0 aliphatic carbocycles. The molecular weight excluding hydrogens is 268 g/mol. The molecule has 0 aromatic carbocycles. The van der Waals surface area contributed by atoms with Gasteiger partial charge in [-0.05, 0) is 0 Å². The van der Waals surface area contributed by atoms with E-state index >= 15 is 0 Å². The Morgan fingerprint density at radius 2 is 1.00 bits per heavy atom. The minimum atomic E-state index is -1.69. The molecule has 0 saturated carbocycles. The van der Waals surface area contributed by atoms with Gasteiger partial charge < -0.3 is 19.9 Å². The molecule has 0 fully saturated rings. The van der Waals surface area contributed by atoms with E-state index < -0.39 is 23.9 Å². The summed E-state index contributed by atoms with van der Waals surface area (Å²) >= 11 is 0. The number of carboxylic acids is 2. The van der Waals surface area contributed by atoms with E-state index in [1.54, 1.807) is 0 Å². The maximum Gasteiger partial charge on any atom is 0.435 e. The summed E-state index contributed by atoms with van der Waals surface area (Å²) in [5.41, 5.74) is 0. The molecular formula is C4H6CuN2O8. The van der Waals surface area contributed by atoms with E-state index in [0.717, 1.165) is 0 Å². The van der Waals surface area contributed by atoms with Crippen molar-refractivity contribution in [3.63, 3.8) is 0 Å². The number of carbonyl (C=O) groups excluding carboxylic acids is 2. The summed E-state index contributed by atoms with van der Waals surface area (Å²) in [4.78, 5) is 44.4. The summed E-state index contributed by atoms with van der Waals surface area (Å²) in [6.45, 7) is 0. The van der Waals surface area contributed by atoms with Crippen LogP contribution >= 0.6 is 0 Å². The molecule has 0 spiro atoms. The average Bonchev–Trinajstić information content (AvgIpc) is 2.15. The maximum absolute atomic E-state index is 9.56. The van der Waals surface area contributed by atoms with Crippen molar-refractivity contribution in [3.05, 3.63) is 0 Å². The zero-order valence-electron chi connectivity index (χ0n) is 6.80. The van der Waals surface area contributed by atoms with Crippen LogP contribution in [0.5, 0.6) is 0 Å². The minimum Gasteiger partial charge on any atom is -0.473 e. The van der Waals surface area contributed by atoms with Gasteiger partial charge in [0.25, 0.3) is 0 Å². The Labute approximate surface area is 92.5 Å². The first-order chi connectivity index (χ1) is 6.36. The van der Waals surface area contributed by atoms with Crippen molar-refractivity contribution in [2.45, 2.75) is 0 Å². The summed E-state index contributed by atoms with van der Waals surface area (Å²) in [6, 6.07) is 0. The van der Waals surface area contributed by atoms with Crippen LogP contribution in [0.1, 0.15) is 0 Å². The van der Waals surface area contributed by atoms with E-state index in [9.17, 15) is 19.2 Å². The Kier molecular flexibility index (Phi) is 13.2. The summed E-state index contributed by atoms with van der Waals surface area (Å²) in [6.07, 6.45) is 0. The van der Waals surface area contributed by atoms with Crippen LogP contribution in [-0.4, -0.2) is 34.1 Å². The smallest absolute Gasteiger partial charge is 0.435 e. The molecule has 0 bridgehead atoms. The van der Waals surface area contributed by atoms with Crippen molar-refractivity contribution in [1.82, 2.24) is 0 Å². The van der Waals surface area contributed by atoms with Gasteiger partial charge in [0.05, 0.1) is 0 Å². The summed E-state index contributed by atoms with van der Waals surface area (Å²) in [7, 11) is 0. The van der Waals surface area contributed by atoms with Gasteiger partial charge in [-0.25, -0.2) is 19.2 Å².